The van der Waals surface area contributed by atoms with Gasteiger partial charge in [-0.25, -0.2) is 9.78 Å². The SMILES string of the molecule is CCC(c1ccc(Nc2nc(C)cc3ccccc23)cc1)C(Nc1c(N2C(C)CCC2C)c(=O)c1=O)C(=O)O. The van der Waals surface area contributed by atoms with Gasteiger partial charge >= 0.3 is 5.97 Å². The molecule has 4 aromatic rings. The fourth-order valence-electron chi connectivity index (χ4n) is 5.93. The van der Waals surface area contributed by atoms with E-state index in [4.69, 9.17) is 0 Å². The third-order valence-corrected chi connectivity index (χ3v) is 7.97. The Bertz CT molecular complexity index is 1580. The first-order valence-electron chi connectivity index (χ1n) is 13.5. The Morgan fingerprint density at radius 3 is 2.36 bits per heavy atom. The van der Waals surface area contributed by atoms with Crippen molar-refractivity contribution in [2.75, 3.05) is 15.5 Å². The minimum absolute atomic E-state index is 0.120. The highest BCUT2D eigenvalue weighted by Crippen LogP contribution is 2.35. The minimum atomic E-state index is -1.07. The number of carboxylic acid groups (broad SMARTS) is 1. The van der Waals surface area contributed by atoms with Crippen LogP contribution in [0.2, 0.25) is 0 Å². The summed E-state index contributed by atoms with van der Waals surface area (Å²) in [6, 6.07) is 16.9. The van der Waals surface area contributed by atoms with Crippen LogP contribution < -0.4 is 26.4 Å². The van der Waals surface area contributed by atoms with E-state index < -0.39 is 28.8 Å². The number of nitrogens with zero attached hydrogens (tertiary/aromatic N) is 2. The molecule has 0 spiro atoms. The average molecular weight is 527 g/mol. The largest absolute Gasteiger partial charge is 0.480 e. The zero-order chi connectivity index (χ0) is 27.8. The molecule has 0 aliphatic carbocycles. The van der Waals surface area contributed by atoms with Crippen molar-refractivity contribution in [3.63, 3.8) is 0 Å². The fraction of sp³-hybridized carbons (Fsp3) is 0.355. The maximum Gasteiger partial charge on any atom is 0.326 e. The molecular weight excluding hydrogens is 492 g/mol. The van der Waals surface area contributed by atoms with Crippen molar-refractivity contribution < 1.29 is 9.90 Å². The summed E-state index contributed by atoms with van der Waals surface area (Å²) in [7, 11) is 0. The maximum atomic E-state index is 12.6. The van der Waals surface area contributed by atoms with E-state index in [9.17, 15) is 19.5 Å². The lowest BCUT2D eigenvalue weighted by atomic mass is 9.88. The number of aliphatic carboxylic acids is 1. The summed E-state index contributed by atoms with van der Waals surface area (Å²) >= 11 is 0. The number of carboxylic acids is 1. The first-order chi connectivity index (χ1) is 18.7. The van der Waals surface area contributed by atoms with Gasteiger partial charge in [0, 0.05) is 34.8 Å². The second-order valence-corrected chi connectivity index (χ2v) is 10.6. The Kier molecular flexibility index (Phi) is 7.12. The van der Waals surface area contributed by atoms with Crippen LogP contribution >= 0.6 is 0 Å². The van der Waals surface area contributed by atoms with Gasteiger partial charge in [0.1, 0.15) is 23.2 Å². The normalized spacial score (nSPS) is 18.8. The van der Waals surface area contributed by atoms with Gasteiger partial charge in [0.25, 0.3) is 10.9 Å². The van der Waals surface area contributed by atoms with Crippen LogP contribution in [0.4, 0.5) is 22.9 Å². The predicted molar refractivity (Wildman–Crippen MR) is 156 cm³/mol. The molecule has 0 amide bonds. The molecule has 0 saturated carbocycles. The van der Waals surface area contributed by atoms with E-state index in [1.165, 1.54) is 0 Å². The van der Waals surface area contributed by atoms with E-state index in [1.54, 1.807) is 0 Å². The predicted octanol–water partition coefficient (Wildman–Crippen LogP) is 5.32. The number of benzene rings is 2. The monoisotopic (exact) mass is 526 g/mol. The lowest BCUT2D eigenvalue weighted by molar-refractivity contribution is -0.138. The summed E-state index contributed by atoms with van der Waals surface area (Å²) in [5.74, 6) is -0.727. The lowest BCUT2D eigenvalue weighted by Crippen LogP contribution is -2.48. The molecule has 1 aromatic heterocycles. The Morgan fingerprint density at radius 1 is 1.05 bits per heavy atom. The number of rotatable bonds is 9. The molecule has 1 fully saturated rings. The Labute approximate surface area is 227 Å². The van der Waals surface area contributed by atoms with Gasteiger partial charge < -0.3 is 20.6 Å². The first-order valence-corrected chi connectivity index (χ1v) is 13.5. The molecule has 4 atom stereocenters. The van der Waals surface area contributed by atoms with Crippen molar-refractivity contribution in [3.8, 4) is 0 Å². The van der Waals surface area contributed by atoms with Crippen LogP contribution in [0.3, 0.4) is 0 Å². The van der Waals surface area contributed by atoms with Gasteiger partial charge in [-0.1, -0.05) is 43.3 Å². The van der Waals surface area contributed by atoms with Crippen LogP contribution in [-0.4, -0.2) is 34.2 Å². The molecule has 0 radical (unpaired) electrons. The van der Waals surface area contributed by atoms with E-state index in [2.05, 4.69) is 21.7 Å². The van der Waals surface area contributed by atoms with Gasteiger partial charge in [-0.3, -0.25) is 9.59 Å². The molecule has 4 unspecified atom stereocenters. The number of fused-ring (bicyclic) bond motifs is 1. The second-order valence-electron chi connectivity index (χ2n) is 10.6. The number of carbonyl (C=O) groups is 1. The van der Waals surface area contributed by atoms with Gasteiger partial charge in [0.2, 0.25) is 0 Å². The topological polar surface area (TPSA) is 112 Å². The summed E-state index contributed by atoms with van der Waals surface area (Å²) in [5.41, 5.74) is 1.84. The van der Waals surface area contributed by atoms with Gasteiger partial charge in [0.15, 0.2) is 0 Å². The molecule has 2 heterocycles. The Hall–Kier alpha value is -4.20. The van der Waals surface area contributed by atoms with Gasteiger partial charge in [0.05, 0.1) is 0 Å². The zero-order valence-electron chi connectivity index (χ0n) is 22.7. The number of aromatic nitrogens is 1. The molecule has 5 rings (SSSR count). The summed E-state index contributed by atoms with van der Waals surface area (Å²) in [6.45, 7) is 7.93. The van der Waals surface area contributed by atoms with Crippen LogP contribution in [0.15, 0.2) is 64.2 Å². The van der Waals surface area contributed by atoms with Crippen LogP contribution in [0, 0.1) is 6.92 Å². The standard InChI is InChI=1S/C31H34N4O4/c1-5-23(25(31(38)39)34-26-27(29(37)28(26)36)35-18(3)10-11-19(35)4)20-12-14-22(15-13-20)33-30-24-9-7-6-8-21(24)16-17(2)32-30/h6-9,12-16,18-19,23,25,34H,5,10-11H2,1-4H3,(H,32,33)(H,38,39). The Morgan fingerprint density at radius 2 is 1.72 bits per heavy atom. The molecule has 3 aromatic carbocycles. The number of hydrogen-bond acceptors (Lipinski definition) is 7. The van der Waals surface area contributed by atoms with Crippen LogP contribution in [-0.2, 0) is 4.79 Å². The number of anilines is 4. The summed E-state index contributed by atoms with van der Waals surface area (Å²) < 4.78 is 0. The summed E-state index contributed by atoms with van der Waals surface area (Å²) in [6.07, 6.45) is 2.38. The zero-order valence-corrected chi connectivity index (χ0v) is 22.7. The molecular formula is C31H34N4O4. The number of pyridine rings is 1. The van der Waals surface area contributed by atoms with Gasteiger partial charge in [-0.2, -0.15) is 0 Å². The quantitative estimate of drug-likeness (QED) is 0.251. The summed E-state index contributed by atoms with van der Waals surface area (Å²) in [5, 5.41) is 18.7. The highest BCUT2D eigenvalue weighted by atomic mass is 16.4. The number of hydrogen-bond donors (Lipinski definition) is 3. The molecule has 1 aliphatic rings. The molecule has 8 nitrogen and oxygen atoms in total. The smallest absolute Gasteiger partial charge is 0.326 e. The molecule has 1 aliphatic heterocycles. The van der Waals surface area contributed by atoms with Crippen molar-refractivity contribution in [3.05, 3.63) is 86.3 Å². The summed E-state index contributed by atoms with van der Waals surface area (Å²) in [4.78, 5) is 44.2. The third-order valence-electron chi connectivity index (χ3n) is 7.97. The number of nitrogens with one attached hydrogen (secondary N) is 2. The van der Waals surface area contributed by atoms with Crippen LogP contribution in [0.1, 0.15) is 57.2 Å². The molecule has 0 bridgehead atoms. The molecule has 3 N–H and O–H groups in total. The van der Waals surface area contributed by atoms with E-state index >= 15 is 0 Å². The van der Waals surface area contributed by atoms with Gasteiger partial charge in [-0.15, -0.1) is 0 Å². The van der Waals surface area contributed by atoms with Crippen molar-refractivity contribution in [1.29, 1.82) is 0 Å². The lowest BCUT2D eigenvalue weighted by Gasteiger charge is -2.33. The van der Waals surface area contributed by atoms with Crippen molar-refractivity contribution in [2.24, 2.45) is 0 Å². The molecule has 1 saturated heterocycles. The fourth-order valence-corrected chi connectivity index (χ4v) is 5.93. The molecule has 202 valence electrons. The maximum absolute atomic E-state index is 12.6. The second kappa shape index (κ2) is 10.5. The minimum Gasteiger partial charge on any atom is -0.480 e. The van der Waals surface area contributed by atoms with E-state index in [1.807, 2.05) is 81.1 Å². The molecule has 8 heteroatoms. The van der Waals surface area contributed by atoms with E-state index in [0.29, 0.717) is 12.1 Å². The van der Waals surface area contributed by atoms with Crippen LogP contribution in [0.5, 0.6) is 0 Å². The van der Waals surface area contributed by atoms with Crippen molar-refractivity contribution >= 4 is 39.6 Å². The Balaban J connectivity index is 1.40. The average Bonchev–Trinajstić information content (AvgIpc) is 3.25. The van der Waals surface area contributed by atoms with Crippen LogP contribution in [0.25, 0.3) is 10.8 Å². The van der Waals surface area contributed by atoms with Crippen molar-refractivity contribution in [2.45, 2.75) is 71.0 Å². The third kappa shape index (κ3) is 4.87. The first kappa shape index (κ1) is 26.4. The molecule has 39 heavy (non-hydrogen) atoms. The van der Waals surface area contributed by atoms with Gasteiger partial charge in [-0.05, 0) is 69.2 Å². The van der Waals surface area contributed by atoms with E-state index in [0.717, 1.165) is 46.4 Å². The van der Waals surface area contributed by atoms with E-state index in [-0.39, 0.29) is 17.8 Å². The highest BCUT2D eigenvalue weighted by molar-refractivity contribution is 5.93. The number of aryl methyl sites for hydroxylation is 1. The highest BCUT2D eigenvalue weighted by Gasteiger charge is 2.38. The van der Waals surface area contributed by atoms with Crippen molar-refractivity contribution in [1.82, 2.24) is 4.98 Å².